The Morgan fingerprint density at radius 3 is 2.45 bits per heavy atom. The summed E-state index contributed by atoms with van der Waals surface area (Å²) in [6.07, 6.45) is 0.0548. The van der Waals surface area contributed by atoms with Crippen LogP contribution in [0, 0.1) is 5.92 Å². The molecule has 2 N–H and O–H groups in total. The second-order valence-corrected chi connectivity index (χ2v) is 6.59. The number of hydrogen-bond acceptors (Lipinski definition) is 4. The summed E-state index contributed by atoms with van der Waals surface area (Å²) in [5, 5.41) is 12.0. The zero-order valence-electron chi connectivity index (χ0n) is 12.4. The summed E-state index contributed by atoms with van der Waals surface area (Å²) in [7, 11) is 0. The van der Waals surface area contributed by atoms with Crippen molar-refractivity contribution in [2.24, 2.45) is 5.92 Å². The Hall–Kier alpha value is -1.72. The Kier molecular flexibility index (Phi) is 4.68. The quantitative estimate of drug-likeness (QED) is 0.642. The Morgan fingerprint density at radius 1 is 1.32 bits per heavy atom. The summed E-state index contributed by atoms with van der Waals surface area (Å²) in [5.74, 6) is -1.71. The van der Waals surface area contributed by atoms with Crippen molar-refractivity contribution in [3.8, 4) is 0 Å². The number of ketones is 2. The minimum absolute atomic E-state index is 0.107. The van der Waals surface area contributed by atoms with Gasteiger partial charge in [-0.1, -0.05) is 49.7 Å². The van der Waals surface area contributed by atoms with Gasteiger partial charge in [0.25, 0.3) is 0 Å². The predicted octanol–water partition coefficient (Wildman–Crippen LogP) is 2.48. The van der Waals surface area contributed by atoms with Crippen molar-refractivity contribution in [1.29, 1.82) is 0 Å². The molecule has 1 aliphatic carbocycles. The molecule has 22 heavy (non-hydrogen) atoms. The molecule has 0 amide bonds. The number of aliphatic carboxylic acids is 1. The molecular weight excluding hydrogens is 306 g/mol. The first kappa shape index (κ1) is 16.6. The van der Waals surface area contributed by atoms with Crippen molar-refractivity contribution in [2.45, 2.75) is 37.7 Å². The van der Waals surface area contributed by atoms with Crippen LogP contribution in [-0.2, 0) is 4.79 Å². The van der Waals surface area contributed by atoms with E-state index >= 15 is 0 Å². The van der Waals surface area contributed by atoms with Crippen LogP contribution in [0.4, 0.5) is 0 Å². The number of alkyl halides is 1. The third-order valence-corrected chi connectivity index (χ3v) is 4.06. The molecule has 0 heterocycles. The average molecular weight is 324 g/mol. The Bertz CT molecular complexity index is 628. The number of fused-ring (bicyclic) bond motifs is 1. The predicted molar refractivity (Wildman–Crippen MR) is 82.3 cm³/mol. The SMILES string of the molecule is CC(C)CC(NC1(Cl)CC(=O)c2ccccc2C1=O)C(=O)O. The number of carbonyl (C=O) groups is 3. The minimum Gasteiger partial charge on any atom is -0.480 e. The molecule has 2 unspecified atom stereocenters. The maximum atomic E-state index is 12.6. The summed E-state index contributed by atoms with van der Waals surface area (Å²) in [4.78, 5) is 34.4. The van der Waals surface area contributed by atoms with Crippen molar-refractivity contribution >= 4 is 29.1 Å². The van der Waals surface area contributed by atoms with Crippen LogP contribution in [0.15, 0.2) is 24.3 Å². The molecule has 0 radical (unpaired) electrons. The molecule has 0 fully saturated rings. The molecule has 0 aromatic heterocycles. The molecule has 5 nitrogen and oxygen atoms in total. The van der Waals surface area contributed by atoms with Crippen molar-refractivity contribution in [3.05, 3.63) is 35.4 Å². The lowest BCUT2D eigenvalue weighted by Crippen LogP contribution is -2.57. The van der Waals surface area contributed by atoms with Crippen LogP contribution in [-0.4, -0.2) is 33.7 Å². The zero-order chi connectivity index (χ0) is 16.5. The lowest BCUT2D eigenvalue weighted by molar-refractivity contribution is -0.140. The summed E-state index contributed by atoms with van der Waals surface area (Å²) in [6, 6.07) is 5.45. The van der Waals surface area contributed by atoms with Crippen LogP contribution < -0.4 is 5.32 Å². The lowest BCUT2D eigenvalue weighted by Gasteiger charge is -2.33. The van der Waals surface area contributed by atoms with Gasteiger partial charge in [0.1, 0.15) is 6.04 Å². The third-order valence-electron chi connectivity index (χ3n) is 3.64. The van der Waals surface area contributed by atoms with E-state index in [4.69, 9.17) is 11.6 Å². The number of carbonyl (C=O) groups excluding carboxylic acids is 2. The molecular formula is C16H18ClNO4. The van der Waals surface area contributed by atoms with Gasteiger partial charge in [-0.2, -0.15) is 0 Å². The highest BCUT2D eigenvalue weighted by Crippen LogP contribution is 2.32. The molecule has 2 rings (SSSR count). The van der Waals surface area contributed by atoms with Gasteiger partial charge in [0.15, 0.2) is 16.6 Å². The third kappa shape index (κ3) is 3.20. The number of carboxylic acids is 1. The number of benzene rings is 1. The number of Topliss-reactive ketones (excluding diaryl/α,β-unsaturated/α-hetero) is 2. The first-order chi connectivity index (χ1) is 10.2. The van der Waals surface area contributed by atoms with E-state index in [0.29, 0.717) is 12.0 Å². The summed E-state index contributed by atoms with van der Waals surface area (Å²) in [5.41, 5.74) is 0.566. The number of rotatable bonds is 5. The van der Waals surface area contributed by atoms with Crippen LogP contribution >= 0.6 is 11.6 Å². The summed E-state index contributed by atoms with van der Waals surface area (Å²) < 4.78 is 0. The fourth-order valence-corrected chi connectivity index (χ4v) is 2.97. The fourth-order valence-electron chi connectivity index (χ4n) is 2.62. The van der Waals surface area contributed by atoms with Gasteiger partial charge in [0.2, 0.25) is 0 Å². The maximum absolute atomic E-state index is 12.6. The van der Waals surface area contributed by atoms with E-state index in [9.17, 15) is 19.5 Å². The van der Waals surface area contributed by atoms with E-state index in [1.807, 2.05) is 13.8 Å². The van der Waals surface area contributed by atoms with Gasteiger partial charge in [-0.15, -0.1) is 0 Å². The number of carboxylic acid groups (broad SMARTS) is 1. The van der Waals surface area contributed by atoms with E-state index in [-0.39, 0.29) is 23.7 Å². The second-order valence-electron chi connectivity index (χ2n) is 5.94. The fraction of sp³-hybridized carbons (Fsp3) is 0.438. The molecule has 118 valence electrons. The van der Waals surface area contributed by atoms with Crippen molar-refractivity contribution in [3.63, 3.8) is 0 Å². The van der Waals surface area contributed by atoms with Gasteiger partial charge in [0, 0.05) is 11.1 Å². The van der Waals surface area contributed by atoms with Crippen LogP contribution in [0.3, 0.4) is 0 Å². The van der Waals surface area contributed by atoms with Gasteiger partial charge in [-0.3, -0.25) is 19.7 Å². The second kappa shape index (κ2) is 6.18. The molecule has 0 bridgehead atoms. The molecule has 1 aromatic carbocycles. The monoisotopic (exact) mass is 323 g/mol. The van der Waals surface area contributed by atoms with Gasteiger partial charge in [-0.05, 0) is 12.3 Å². The molecule has 6 heteroatoms. The Balaban J connectivity index is 2.32. The van der Waals surface area contributed by atoms with Crippen LogP contribution in [0.5, 0.6) is 0 Å². The molecule has 2 atom stereocenters. The first-order valence-corrected chi connectivity index (χ1v) is 7.49. The zero-order valence-corrected chi connectivity index (χ0v) is 13.2. The Labute approximate surface area is 133 Å². The molecule has 0 aliphatic heterocycles. The van der Waals surface area contributed by atoms with Crippen molar-refractivity contribution in [1.82, 2.24) is 5.32 Å². The molecule has 1 aliphatic rings. The number of nitrogens with one attached hydrogen (secondary N) is 1. The van der Waals surface area contributed by atoms with Crippen molar-refractivity contribution in [2.75, 3.05) is 0 Å². The summed E-state index contributed by atoms with van der Waals surface area (Å²) >= 11 is 6.33. The lowest BCUT2D eigenvalue weighted by atomic mass is 9.85. The Morgan fingerprint density at radius 2 is 1.91 bits per heavy atom. The van der Waals surface area contributed by atoms with Gasteiger partial charge >= 0.3 is 5.97 Å². The largest absolute Gasteiger partial charge is 0.480 e. The van der Waals surface area contributed by atoms with E-state index in [2.05, 4.69) is 5.32 Å². The van der Waals surface area contributed by atoms with Crippen LogP contribution in [0.1, 0.15) is 47.4 Å². The highest BCUT2D eigenvalue weighted by Gasteiger charge is 2.46. The number of halogens is 1. The molecule has 1 aromatic rings. The van der Waals surface area contributed by atoms with Gasteiger partial charge < -0.3 is 5.11 Å². The summed E-state index contributed by atoms with van der Waals surface area (Å²) in [6.45, 7) is 3.75. The molecule has 0 spiro atoms. The smallest absolute Gasteiger partial charge is 0.320 e. The van der Waals surface area contributed by atoms with E-state index in [1.54, 1.807) is 18.2 Å². The minimum atomic E-state index is -1.70. The normalized spacial score (nSPS) is 22.5. The molecule has 0 saturated heterocycles. The highest BCUT2D eigenvalue weighted by atomic mass is 35.5. The first-order valence-electron chi connectivity index (χ1n) is 7.11. The van der Waals surface area contributed by atoms with E-state index in [1.165, 1.54) is 6.07 Å². The standard InChI is InChI=1S/C16H18ClNO4/c1-9(2)7-12(15(21)22)18-16(17)8-13(19)10-5-3-4-6-11(10)14(16)20/h3-6,9,12,18H,7-8H2,1-2H3,(H,21,22). The maximum Gasteiger partial charge on any atom is 0.320 e. The van der Waals surface area contributed by atoms with Crippen molar-refractivity contribution < 1.29 is 19.5 Å². The van der Waals surface area contributed by atoms with Crippen LogP contribution in [0.2, 0.25) is 0 Å². The van der Waals surface area contributed by atoms with Gasteiger partial charge in [-0.25, -0.2) is 0 Å². The van der Waals surface area contributed by atoms with E-state index < -0.39 is 22.8 Å². The number of hydrogen-bond donors (Lipinski definition) is 2. The van der Waals surface area contributed by atoms with Gasteiger partial charge in [0.05, 0.1) is 6.42 Å². The topological polar surface area (TPSA) is 83.5 Å². The average Bonchev–Trinajstić information content (AvgIpc) is 2.44. The molecule has 0 saturated carbocycles. The highest BCUT2D eigenvalue weighted by molar-refractivity contribution is 6.41. The van der Waals surface area contributed by atoms with E-state index in [0.717, 1.165) is 0 Å². The van der Waals surface area contributed by atoms with Crippen LogP contribution in [0.25, 0.3) is 0 Å².